The van der Waals surface area contributed by atoms with Crippen molar-refractivity contribution in [2.75, 3.05) is 5.73 Å². The number of fused-ring (bicyclic) bond motifs is 4. The third-order valence-corrected chi connectivity index (χ3v) is 12.9. The number of carbonyl (C=O) groups is 5. The number of aromatic hydroxyl groups is 1. The average Bonchev–Trinajstić information content (AvgIpc) is 3.33. The van der Waals surface area contributed by atoms with Gasteiger partial charge in [0.1, 0.15) is 28.4 Å². The van der Waals surface area contributed by atoms with E-state index in [1.54, 1.807) is 44.2 Å². The minimum absolute atomic E-state index is 0.0119. The monoisotopic (exact) mass is 990 g/mol. The Bertz CT molecular complexity index is 3860. The highest BCUT2D eigenvalue weighted by Crippen LogP contribution is 2.48. The van der Waals surface area contributed by atoms with Crippen molar-refractivity contribution in [3.63, 3.8) is 0 Å². The normalized spacial score (nSPS) is 11.3. The summed E-state index contributed by atoms with van der Waals surface area (Å²) in [6.45, 7) is 3.05. The molecule has 4 aliphatic rings. The van der Waals surface area contributed by atoms with Crippen LogP contribution in [0.5, 0.6) is 5.75 Å². The van der Waals surface area contributed by atoms with E-state index in [9.17, 15) is 49.2 Å². The van der Waals surface area contributed by atoms with E-state index in [-0.39, 0.29) is 101 Å². The molecule has 16 nitrogen and oxygen atoms in total. The van der Waals surface area contributed by atoms with E-state index in [4.69, 9.17) is 43.2 Å². The number of nitrogens with one attached hydrogen (secondary N) is 3. The second-order valence-corrected chi connectivity index (χ2v) is 17.4. The SMILES string of the molecule is Cc1cc2c(-c3c(Cl)cc(C(=O)NCc4ccc(C(=O)NCc5c6oc7cc(O)ccc7c(-c7cc(C(=O)O)ccc7C(=O)O)c-6ccc5=O)cc4)c(Cl)c3C(=O)O)c3cc(C)c(=N)cc-3oc2cc1N. The number of nitrogens with two attached hydrogens (primary N) is 1. The lowest BCUT2D eigenvalue weighted by Crippen LogP contribution is -2.27. The summed E-state index contributed by atoms with van der Waals surface area (Å²) in [6, 6.07) is 24.1. The van der Waals surface area contributed by atoms with Crippen LogP contribution < -0.4 is 27.2 Å². The first-order valence-corrected chi connectivity index (χ1v) is 22.1. The Hall–Kier alpha value is -8.99. The van der Waals surface area contributed by atoms with Crippen molar-refractivity contribution in [3.05, 3.63) is 179 Å². The quantitative estimate of drug-likeness (QED) is 0.0443. The van der Waals surface area contributed by atoms with Crippen molar-refractivity contribution in [3.8, 4) is 50.7 Å². The zero-order valence-corrected chi connectivity index (χ0v) is 38.6. The van der Waals surface area contributed by atoms with Gasteiger partial charge in [-0.05, 0) is 109 Å². The number of nitrogen functional groups attached to an aromatic ring is 1. The number of carboxylic acid groups (broad SMARTS) is 3. The van der Waals surface area contributed by atoms with Gasteiger partial charge in [0.05, 0.1) is 49.8 Å². The number of benzene rings is 7. The maximum atomic E-state index is 13.7. The smallest absolute Gasteiger partial charge is 0.337 e. The van der Waals surface area contributed by atoms with Gasteiger partial charge in [0.2, 0.25) is 0 Å². The number of carboxylic acids is 3. The standard InChI is InChI=1S/C53H36Cl2N4O12/c1-22-13-32-41(18-37(22)56)70-42-19-38(57)23(2)14-33(42)44(32)45-36(54)17-34(47(55)46(45)53(68)69)50(63)58-20-24-3-5-25(6-4-24)49(62)59-21-35-39(61)12-11-30-43(29-10-8-27(60)16-40(29)71-48(30)35)31-15-26(51(64)65)7-9-28(31)52(66)67/h3-19,56,60H,20-21,57H2,1-2H3,(H,58,63)(H,59,62)(H,64,65)(H,66,67)(H,68,69). The fourth-order valence-corrected chi connectivity index (χ4v) is 9.17. The van der Waals surface area contributed by atoms with E-state index in [1.165, 1.54) is 60.7 Å². The lowest BCUT2D eigenvalue weighted by atomic mass is 9.88. The van der Waals surface area contributed by atoms with E-state index in [2.05, 4.69) is 10.6 Å². The summed E-state index contributed by atoms with van der Waals surface area (Å²) in [7, 11) is 0. The average molecular weight is 992 g/mol. The minimum Gasteiger partial charge on any atom is -0.508 e. The number of aromatic carboxylic acids is 3. The number of carbonyl (C=O) groups excluding carboxylic acids is 2. The summed E-state index contributed by atoms with van der Waals surface area (Å²) in [5, 5.41) is 55.1. The summed E-state index contributed by atoms with van der Waals surface area (Å²) in [4.78, 5) is 78.1. The minimum atomic E-state index is -1.46. The van der Waals surface area contributed by atoms with Crippen LogP contribution >= 0.6 is 23.2 Å². The Morgan fingerprint density at radius 3 is 2.04 bits per heavy atom. The molecule has 2 amide bonds. The van der Waals surface area contributed by atoms with Gasteiger partial charge in [0.15, 0.2) is 5.43 Å². The Morgan fingerprint density at radius 1 is 0.634 bits per heavy atom. The summed E-state index contributed by atoms with van der Waals surface area (Å²) < 4.78 is 12.3. The molecular weight excluding hydrogens is 956 g/mol. The van der Waals surface area contributed by atoms with Crippen LogP contribution in [0.2, 0.25) is 10.0 Å². The second kappa shape index (κ2) is 18.2. The van der Waals surface area contributed by atoms with Gasteiger partial charge in [-0.15, -0.1) is 0 Å². The predicted molar refractivity (Wildman–Crippen MR) is 264 cm³/mol. The molecule has 0 unspecified atom stereocenters. The van der Waals surface area contributed by atoms with Crippen molar-refractivity contribution in [1.29, 1.82) is 5.41 Å². The van der Waals surface area contributed by atoms with Crippen LogP contribution in [-0.2, 0) is 13.1 Å². The Balaban J connectivity index is 0.969. The molecule has 0 fully saturated rings. The molecule has 0 radical (unpaired) electrons. The van der Waals surface area contributed by atoms with Gasteiger partial charge in [-0.25, -0.2) is 14.4 Å². The zero-order valence-electron chi connectivity index (χ0n) is 37.1. The van der Waals surface area contributed by atoms with Crippen molar-refractivity contribution in [2.45, 2.75) is 26.9 Å². The molecule has 354 valence electrons. The molecular formula is C53H36Cl2N4O12. The number of hydrogen-bond acceptors (Lipinski definition) is 11. The number of anilines is 1. The van der Waals surface area contributed by atoms with Gasteiger partial charge >= 0.3 is 17.9 Å². The molecule has 0 saturated carbocycles. The topological polar surface area (TPSA) is 284 Å². The second-order valence-electron chi connectivity index (χ2n) is 16.6. The van der Waals surface area contributed by atoms with Crippen LogP contribution in [0.25, 0.3) is 66.8 Å². The van der Waals surface area contributed by atoms with Gasteiger partial charge < -0.3 is 51.0 Å². The highest BCUT2D eigenvalue weighted by Gasteiger charge is 2.31. The number of halogens is 2. The number of hydrogen-bond donors (Lipinski definition) is 8. The molecule has 9 N–H and O–H groups in total. The fourth-order valence-electron chi connectivity index (χ4n) is 8.55. The van der Waals surface area contributed by atoms with Crippen LogP contribution in [0.1, 0.15) is 74.0 Å². The van der Waals surface area contributed by atoms with Gasteiger partial charge in [-0.1, -0.05) is 35.3 Å². The first-order valence-electron chi connectivity index (χ1n) is 21.4. The third kappa shape index (κ3) is 8.51. The first-order chi connectivity index (χ1) is 33.8. The summed E-state index contributed by atoms with van der Waals surface area (Å²) in [5.41, 5.74) is 8.56. The lowest BCUT2D eigenvalue weighted by Gasteiger charge is -2.21. The molecule has 18 heteroatoms. The van der Waals surface area contributed by atoms with Crippen LogP contribution in [0.15, 0.2) is 117 Å². The Kier molecular flexibility index (Phi) is 12.0. The number of aryl methyl sites for hydroxylation is 2. The van der Waals surface area contributed by atoms with Crippen LogP contribution in [-0.4, -0.2) is 50.1 Å². The molecule has 5 aromatic rings. The van der Waals surface area contributed by atoms with Gasteiger partial charge in [-0.3, -0.25) is 14.4 Å². The predicted octanol–water partition coefficient (Wildman–Crippen LogP) is 9.73. The van der Waals surface area contributed by atoms with Crippen molar-refractivity contribution < 1.29 is 53.2 Å². The molecule has 0 aromatic heterocycles. The summed E-state index contributed by atoms with van der Waals surface area (Å²) in [6.07, 6.45) is 0. The van der Waals surface area contributed by atoms with E-state index in [1.807, 2.05) is 0 Å². The Morgan fingerprint density at radius 2 is 1.34 bits per heavy atom. The molecule has 5 aromatic carbocycles. The maximum Gasteiger partial charge on any atom is 0.337 e. The van der Waals surface area contributed by atoms with Crippen molar-refractivity contribution in [1.82, 2.24) is 10.6 Å². The first kappa shape index (κ1) is 47.1. The molecule has 0 atom stereocenters. The zero-order chi connectivity index (χ0) is 50.7. The summed E-state index contributed by atoms with van der Waals surface area (Å²) in [5.74, 6) is -5.46. The molecule has 0 saturated heterocycles. The van der Waals surface area contributed by atoms with Gasteiger partial charge in [0.25, 0.3) is 11.8 Å². The molecule has 2 aliphatic heterocycles. The summed E-state index contributed by atoms with van der Waals surface area (Å²) >= 11 is 13.7. The third-order valence-electron chi connectivity index (χ3n) is 12.2. The van der Waals surface area contributed by atoms with Crippen LogP contribution in [0.3, 0.4) is 0 Å². The van der Waals surface area contributed by atoms with E-state index < -0.39 is 40.7 Å². The largest absolute Gasteiger partial charge is 0.508 e. The molecule has 0 bridgehead atoms. The molecule has 0 spiro atoms. The van der Waals surface area contributed by atoms with Crippen molar-refractivity contribution >= 4 is 80.6 Å². The highest BCUT2D eigenvalue weighted by molar-refractivity contribution is 6.41. The fraction of sp³-hybridized carbons (Fsp3) is 0.0755. The van der Waals surface area contributed by atoms with Crippen LogP contribution in [0.4, 0.5) is 5.69 Å². The lowest BCUT2D eigenvalue weighted by molar-refractivity contribution is 0.0682. The van der Waals surface area contributed by atoms with Crippen molar-refractivity contribution in [2.24, 2.45) is 0 Å². The molecule has 2 heterocycles. The Labute approximate surface area is 410 Å². The van der Waals surface area contributed by atoms with Crippen LogP contribution in [0, 0.1) is 19.3 Å². The van der Waals surface area contributed by atoms with Gasteiger partial charge in [-0.2, -0.15) is 0 Å². The number of amides is 2. The highest BCUT2D eigenvalue weighted by atomic mass is 35.5. The number of phenols is 1. The van der Waals surface area contributed by atoms with E-state index in [0.29, 0.717) is 49.9 Å². The van der Waals surface area contributed by atoms with E-state index >= 15 is 0 Å². The van der Waals surface area contributed by atoms with Gasteiger partial charge in [0, 0.05) is 74.6 Å². The van der Waals surface area contributed by atoms with E-state index in [0.717, 1.165) is 12.1 Å². The number of phenolic OH excluding ortho intramolecular Hbond substituents is 1. The molecule has 71 heavy (non-hydrogen) atoms. The number of rotatable bonds is 11. The molecule has 2 aliphatic carbocycles. The maximum absolute atomic E-state index is 13.7. The molecule has 9 rings (SSSR count).